The molecule has 0 unspecified atom stereocenters. The monoisotopic (exact) mass is 313 g/mol. The number of rotatable bonds is 4. The molecule has 1 aliphatic rings. The molecular weight excluding hydrogens is 290 g/mol. The van der Waals surface area contributed by atoms with Gasteiger partial charge >= 0.3 is 0 Å². The lowest BCUT2D eigenvalue weighted by molar-refractivity contribution is 0.0628. The van der Waals surface area contributed by atoms with Crippen LogP contribution in [0.5, 0.6) is 5.75 Å². The Balaban J connectivity index is 1.56. The fraction of sp³-hybridized carbons (Fsp3) is 0.444. The van der Waals surface area contributed by atoms with Gasteiger partial charge in [0.1, 0.15) is 11.4 Å². The quantitative estimate of drug-likeness (QED) is 0.872. The maximum Gasteiger partial charge on any atom is 0.274 e. The Bertz CT molecular complexity index is 680. The smallest absolute Gasteiger partial charge is 0.274 e. The van der Waals surface area contributed by atoms with Crippen molar-refractivity contribution in [1.29, 1.82) is 0 Å². The Hall–Kier alpha value is -2.30. The molecule has 5 heteroatoms. The third-order valence-corrected chi connectivity index (χ3v) is 4.21. The van der Waals surface area contributed by atoms with Crippen LogP contribution in [0.2, 0.25) is 0 Å². The van der Waals surface area contributed by atoms with E-state index in [9.17, 15) is 4.79 Å². The van der Waals surface area contributed by atoms with Crippen molar-refractivity contribution in [2.24, 2.45) is 13.0 Å². The number of imidazole rings is 1. The van der Waals surface area contributed by atoms with Gasteiger partial charge in [0.15, 0.2) is 0 Å². The minimum absolute atomic E-state index is 0.0193. The summed E-state index contributed by atoms with van der Waals surface area (Å²) in [5, 5.41) is 0. The van der Waals surface area contributed by atoms with Crippen LogP contribution >= 0.6 is 0 Å². The molecule has 1 aromatic heterocycles. The maximum absolute atomic E-state index is 12.5. The number of piperidine rings is 1. The van der Waals surface area contributed by atoms with E-state index in [0.29, 0.717) is 18.2 Å². The minimum atomic E-state index is 0.0193. The van der Waals surface area contributed by atoms with Gasteiger partial charge in [0.2, 0.25) is 0 Å². The third kappa shape index (κ3) is 3.92. The Kier molecular flexibility index (Phi) is 4.65. The van der Waals surface area contributed by atoms with Gasteiger partial charge in [-0.2, -0.15) is 0 Å². The number of ether oxygens (including phenoxy) is 1. The van der Waals surface area contributed by atoms with Crippen LogP contribution in [0, 0.1) is 12.8 Å². The molecule has 3 rings (SSSR count). The van der Waals surface area contributed by atoms with Crippen LogP contribution in [0.15, 0.2) is 36.8 Å². The van der Waals surface area contributed by atoms with Crippen molar-refractivity contribution in [3.63, 3.8) is 0 Å². The van der Waals surface area contributed by atoms with Crippen molar-refractivity contribution < 1.29 is 9.53 Å². The maximum atomic E-state index is 12.5. The van der Waals surface area contributed by atoms with Gasteiger partial charge in [-0.1, -0.05) is 12.1 Å². The van der Waals surface area contributed by atoms with Gasteiger partial charge in [-0.3, -0.25) is 4.79 Å². The highest BCUT2D eigenvalue weighted by atomic mass is 16.5. The van der Waals surface area contributed by atoms with Gasteiger partial charge in [0, 0.05) is 32.3 Å². The van der Waals surface area contributed by atoms with Crippen molar-refractivity contribution in [3.05, 3.63) is 48.0 Å². The second-order valence-corrected chi connectivity index (χ2v) is 6.31. The first kappa shape index (κ1) is 15.6. The van der Waals surface area contributed by atoms with Crippen molar-refractivity contribution >= 4 is 5.91 Å². The summed E-state index contributed by atoms with van der Waals surface area (Å²) in [5.41, 5.74) is 1.71. The summed E-state index contributed by atoms with van der Waals surface area (Å²) < 4.78 is 7.71. The lowest BCUT2D eigenvalue weighted by atomic mass is 9.98. The minimum Gasteiger partial charge on any atom is -0.493 e. The molecule has 1 amide bonds. The zero-order chi connectivity index (χ0) is 16.2. The van der Waals surface area contributed by atoms with Crippen LogP contribution in [-0.2, 0) is 7.05 Å². The summed E-state index contributed by atoms with van der Waals surface area (Å²) >= 11 is 0. The van der Waals surface area contributed by atoms with Crippen molar-refractivity contribution in [3.8, 4) is 5.75 Å². The Labute approximate surface area is 136 Å². The normalized spacial score (nSPS) is 18.0. The predicted octanol–water partition coefficient (Wildman–Crippen LogP) is 2.66. The van der Waals surface area contributed by atoms with Crippen molar-refractivity contribution in [2.75, 3.05) is 19.7 Å². The molecule has 0 bridgehead atoms. The highest BCUT2D eigenvalue weighted by Gasteiger charge is 2.26. The number of aromatic nitrogens is 2. The number of carbonyl (C=O) groups is 1. The molecule has 5 nitrogen and oxygen atoms in total. The number of benzene rings is 1. The second-order valence-electron chi connectivity index (χ2n) is 6.31. The van der Waals surface area contributed by atoms with Gasteiger partial charge in [-0.15, -0.1) is 0 Å². The van der Waals surface area contributed by atoms with Crippen LogP contribution in [-0.4, -0.2) is 40.1 Å². The molecule has 0 aliphatic carbocycles. The predicted molar refractivity (Wildman–Crippen MR) is 88.5 cm³/mol. The molecule has 1 fully saturated rings. The van der Waals surface area contributed by atoms with E-state index >= 15 is 0 Å². The van der Waals surface area contributed by atoms with Gasteiger partial charge in [0.05, 0.1) is 12.9 Å². The standard InChI is InChI=1S/C18H23N3O2/c1-14-5-3-7-16(9-14)23-12-15-6-4-8-21(10-15)18(22)17-11-20(2)13-19-17/h3,5,7,9,11,13,15H,4,6,8,10,12H2,1-2H3/t15-/m1/s1. The number of nitrogens with zero attached hydrogens (tertiary/aromatic N) is 3. The summed E-state index contributed by atoms with van der Waals surface area (Å²) in [7, 11) is 1.87. The van der Waals surface area contributed by atoms with E-state index in [0.717, 1.165) is 31.7 Å². The highest BCUT2D eigenvalue weighted by Crippen LogP contribution is 2.20. The van der Waals surface area contributed by atoms with Crippen molar-refractivity contribution in [1.82, 2.24) is 14.5 Å². The van der Waals surface area contributed by atoms with E-state index in [1.54, 1.807) is 17.1 Å². The molecule has 1 aromatic carbocycles. The van der Waals surface area contributed by atoms with Crippen LogP contribution in [0.25, 0.3) is 0 Å². The lowest BCUT2D eigenvalue weighted by Crippen LogP contribution is -2.41. The molecule has 0 spiro atoms. The van der Waals surface area contributed by atoms with Crippen LogP contribution in [0.1, 0.15) is 28.9 Å². The molecule has 0 saturated carbocycles. The van der Waals surface area contributed by atoms with Gasteiger partial charge in [-0.05, 0) is 37.5 Å². The Morgan fingerprint density at radius 3 is 3.04 bits per heavy atom. The van der Waals surface area contributed by atoms with Crippen LogP contribution < -0.4 is 4.74 Å². The van der Waals surface area contributed by atoms with Crippen LogP contribution in [0.3, 0.4) is 0 Å². The first-order valence-corrected chi connectivity index (χ1v) is 8.08. The second kappa shape index (κ2) is 6.86. The van der Waals surface area contributed by atoms with E-state index in [1.165, 1.54) is 5.56 Å². The fourth-order valence-electron chi connectivity index (χ4n) is 2.99. The van der Waals surface area contributed by atoms with Gasteiger partial charge in [-0.25, -0.2) is 4.98 Å². The molecule has 0 radical (unpaired) electrons. The van der Waals surface area contributed by atoms with E-state index in [-0.39, 0.29) is 5.91 Å². The first-order valence-electron chi connectivity index (χ1n) is 8.08. The number of hydrogen-bond donors (Lipinski definition) is 0. The molecule has 122 valence electrons. The largest absolute Gasteiger partial charge is 0.493 e. The zero-order valence-electron chi connectivity index (χ0n) is 13.7. The summed E-state index contributed by atoms with van der Waals surface area (Å²) in [6.07, 6.45) is 5.54. The molecular formula is C18H23N3O2. The first-order chi connectivity index (χ1) is 11.1. The molecule has 1 saturated heterocycles. The average molecular weight is 313 g/mol. The van der Waals surface area contributed by atoms with Gasteiger partial charge < -0.3 is 14.2 Å². The van der Waals surface area contributed by atoms with E-state index in [4.69, 9.17) is 4.74 Å². The molecule has 0 N–H and O–H groups in total. The molecule has 1 atom stereocenters. The Morgan fingerprint density at radius 2 is 2.30 bits per heavy atom. The van der Waals surface area contributed by atoms with Crippen LogP contribution in [0.4, 0.5) is 0 Å². The molecule has 23 heavy (non-hydrogen) atoms. The SMILES string of the molecule is Cc1cccc(OC[C@@H]2CCCN(C(=O)c3cn(C)cn3)C2)c1. The number of hydrogen-bond acceptors (Lipinski definition) is 3. The molecule has 2 aromatic rings. The molecule has 1 aliphatic heterocycles. The topological polar surface area (TPSA) is 47.4 Å². The average Bonchev–Trinajstić information content (AvgIpc) is 2.99. The van der Waals surface area contributed by atoms with E-state index < -0.39 is 0 Å². The lowest BCUT2D eigenvalue weighted by Gasteiger charge is -2.32. The summed E-state index contributed by atoms with van der Waals surface area (Å²) in [4.78, 5) is 18.5. The number of amides is 1. The highest BCUT2D eigenvalue weighted by molar-refractivity contribution is 5.92. The summed E-state index contributed by atoms with van der Waals surface area (Å²) in [6.45, 7) is 4.24. The third-order valence-electron chi connectivity index (χ3n) is 4.21. The zero-order valence-corrected chi connectivity index (χ0v) is 13.7. The number of aryl methyl sites for hydroxylation is 2. The van der Waals surface area contributed by atoms with Crippen molar-refractivity contribution in [2.45, 2.75) is 19.8 Å². The van der Waals surface area contributed by atoms with Gasteiger partial charge in [0.25, 0.3) is 5.91 Å². The molecule has 2 heterocycles. The van der Waals surface area contributed by atoms with E-state index in [1.807, 2.05) is 30.1 Å². The summed E-state index contributed by atoms with van der Waals surface area (Å²) in [6, 6.07) is 8.08. The summed E-state index contributed by atoms with van der Waals surface area (Å²) in [5.74, 6) is 1.29. The Morgan fingerprint density at radius 1 is 1.43 bits per heavy atom. The number of likely N-dealkylation sites (tertiary alicyclic amines) is 1. The van der Waals surface area contributed by atoms with E-state index in [2.05, 4.69) is 18.0 Å². The fourth-order valence-corrected chi connectivity index (χ4v) is 2.99. The number of carbonyl (C=O) groups excluding carboxylic acids is 1.